The lowest BCUT2D eigenvalue weighted by molar-refractivity contribution is 0.102. The quantitative estimate of drug-likeness (QED) is 0.936. The molecule has 0 aliphatic heterocycles. The number of aromatic nitrogens is 2. The molecule has 0 spiro atoms. The highest BCUT2D eigenvalue weighted by Crippen LogP contribution is 2.26. The van der Waals surface area contributed by atoms with Gasteiger partial charge in [-0.25, -0.2) is 4.79 Å². The molecule has 2 rings (SSSR count). The molecule has 0 bridgehead atoms. The fraction of sp³-hybridized carbons (Fsp3) is 0.353. The van der Waals surface area contributed by atoms with Crippen LogP contribution in [0.3, 0.4) is 0 Å². The number of hydrogen-bond acceptors (Lipinski definition) is 3. The fourth-order valence-electron chi connectivity index (χ4n) is 2.41. The minimum Gasteiger partial charge on any atom is -0.322 e. The predicted octanol–water partition coefficient (Wildman–Crippen LogP) is 1.85. The summed E-state index contributed by atoms with van der Waals surface area (Å²) in [7, 11) is 2.86. The van der Waals surface area contributed by atoms with Crippen molar-refractivity contribution < 1.29 is 4.79 Å². The van der Waals surface area contributed by atoms with Crippen LogP contribution in [0.15, 0.2) is 40.1 Å². The second-order valence-electron chi connectivity index (χ2n) is 5.65. The summed E-state index contributed by atoms with van der Waals surface area (Å²) in [6.07, 6.45) is 2.21. The van der Waals surface area contributed by atoms with Gasteiger partial charge in [0.25, 0.3) is 11.5 Å². The topological polar surface area (TPSA) is 73.1 Å². The molecule has 2 aromatic rings. The summed E-state index contributed by atoms with van der Waals surface area (Å²) in [6.45, 7) is 4.15. The third-order valence-corrected chi connectivity index (χ3v) is 4.04. The van der Waals surface area contributed by atoms with Gasteiger partial charge in [0.05, 0.1) is 0 Å². The maximum atomic E-state index is 12.5. The minimum absolute atomic E-state index is 0.0615. The van der Waals surface area contributed by atoms with Crippen LogP contribution in [-0.4, -0.2) is 15.0 Å². The molecule has 0 radical (unpaired) electrons. The standard InChI is InChI=1S/C17H21N3O3/c1-5-11(2)12-8-6-7-9-14(12)18-15(21)13-10-19(3)17(23)20(4)16(13)22/h6-11H,5H2,1-4H3,(H,18,21). The molecular formula is C17H21N3O3. The van der Waals surface area contributed by atoms with Gasteiger partial charge in [-0.2, -0.15) is 0 Å². The van der Waals surface area contributed by atoms with Crippen LogP contribution in [-0.2, 0) is 14.1 Å². The summed E-state index contributed by atoms with van der Waals surface area (Å²) in [4.78, 5) is 36.3. The van der Waals surface area contributed by atoms with E-state index in [2.05, 4.69) is 19.2 Å². The second-order valence-corrected chi connectivity index (χ2v) is 5.65. The summed E-state index contributed by atoms with van der Waals surface area (Å²) in [6, 6.07) is 7.53. The third-order valence-electron chi connectivity index (χ3n) is 4.04. The van der Waals surface area contributed by atoms with Crippen molar-refractivity contribution in [1.29, 1.82) is 0 Å². The monoisotopic (exact) mass is 315 g/mol. The summed E-state index contributed by atoms with van der Waals surface area (Å²) >= 11 is 0. The van der Waals surface area contributed by atoms with Crippen molar-refractivity contribution in [3.8, 4) is 0 Å². The lowest BCUT2D eigenvalue weighted by Gasteiger charge is -2.15. The van der Waals surface area contributed by atoms with Crippen LogP contribution in [0.5, 0.6) is 0 Å². The summed E-state index contributed by atoms with van der Waals surface area (Å²) in [5.74, 6) is -0.230. The Hall–Kier alpha value is -2.63. The molecule has 0 saturated carbocycles. The van der Waals surface area contributed by atoms with Crippen LogP contribution in [0.4, 0.5) is 5.69 Å². The zero-order chi connectivity index (χ0) is 17.1. The third kappa shape index (κ3) is 3.26. The number of nitrogens with one attached hydrogen (secondary N) is 1. The Morgan fingerprint density at radius 3 is 2.52 bits per heavy atom. The lowest BCUT2D eigenvalue weighted by atomic mass is 9.97. The number of para-hydroxylation sites is 1. The van der Waals surface area contributed by atoms with Gasteiger partial charge in [0, 0.05) is 26.0 Å². The van der Waals surface area contributed by atoms with Gasteiger partial charge in [-0.15, -0.1) is 0 Å². The maximum Gasteiger partial charge on any atom is 0.330 e. The lowest BCUT2D eigenvalue weighted by Crippen LogP contribution is -2.40. The fourth-order valence-corrected chi connectivity index (χ4v) is 2.41. The second kappa shape index (κ2) is 6.64. The first-order valence-corrected chi connectivity index (χ1v) is 7.53. The van der Waals surface area contributed by atoms with Crippen molar-refractivity contribution in [3.63, 3.8) is 0 Å². The van der Waals surface area contributed by atoms with Crippen LogP contribution < -0.4 is 16.6 Å². The molecule has 23 heavy (non-hydrogen) atoms. The van der Waals surface area contributed by atoms with Gasteiger partial charge in [-0.3, -0.25) is 14.2 Å². The molecule has 1 aromatic carbocycles. The Morgan fingerprint density at radius 1 is 1.22 bits per heavy atom. The zero-order valence-corrected chi connectivity index (χ0v) is 13.8. The van der Waals surface area contributed by atoms with Crippen molar-refractivity contribution in [2.75, 3.05) is 5.32 Å². The van der Waals surface area contributed by atoms with Gasteiger partial charge < -0.3 is 9.88 Å². The first kappa shape index (κ1) is 16.7. The highest BCUT2D eigenvalue weighted by molar-refractivity contribution is 6.04. The summed E-state index contributed by atoms with van der Waals surface area (Å²) in [5.41, 5.74) is 0.569. The molecule has 0 aliphatic rings. The number of hydrogen-bond donors (Lipinski definition) is 1. The normalized spacial score (nSPS) is 12.0. The molecule has 0 fully saturated rings. The molecule has 0 saturated heterocycles. The predicted molar refractivity (Wildman–Crippen MR) is 90.0 cm³/mol. The average molecular weight is 315 g/mol. The smallest absolute Gasteiger partial charge is 0.322 e. The molecule has 1 aromatic heterocycles. The first-order chi connectivity index (χ1) is 10.9. The van der Waals surface area contributed by atoms with Crippen molar-refractivity contribution in [2.24, 2.45) is 14.1 Å². The van der Waals surface area contributed by atoms with E-state index in [1.54, 1.807) is 0 Å². The molecule has 1 amide bonds. The Balaban J connectivity index is 2.42. The Kier molecular flexibility index (Phi) is 4.83. The molecule has 1 N–H and O–H groups in total. The van der Waals surface area contributed by atoms with Gasteiger partial charge in [0.1, 0.15) is 5.56 Å². The molecule has 122 valence electrons. The van der Waals surface area contributed by atoms with E-state index in [1.165, 1.54) is 24.9 Å². The van der Waals surface area contributed by atoms with E-state index in [9.17, 15) is 14.4 Å². The van der Waals surface area contributed by atoms with E-state index in [0.29, 0.717) is 5.69 Å². The molecule has 1 atom stereocenters. The Morgan fingerprint density at radius 2 is 1.87 bits per heavy atom. The van der Waals surface area contributed by atoms with Crippen LogP contribution in [0.2, 0.25) is 0 Å². The summed E-state index contributed by atoms with van der Waals surface area (Å²) in [5, 5.41) is 2.79. The molecule has 6 heteroatoms. The molecule has 1 unspecified atom stereocenters. The highest BCUT2D eigenvalue weighted by atomic mass is 16.2. The maximum absolute atomic E-state index is 12.5. The van der Waals surface area contributed by atoms with E-state index in [0.717, 1.165) is 16.6 Å². The van der Waals surface area contributed by atoms with Crippen LogP contribution in [0.25, 0.3) is 0 Å². The first-order valence-electron chi connectivity index (χ1n) is 7.53. The molecule has 1 heterocycles. The number of carbonyl (C=O) groups is 1. The van der Waals surface area contributed by atoms with E-state index < -0.39 is 17.2 Å². The number of aryl methyl sites for hydroxylation is 1. The average Bonchev–Trinajstić information content (AvgIpc) is 2.55. The van der Waals surface area contributed by atoms with E-state index >= 15 is 0 Å². The molecule has 0 aliphatic carbocycles. The van der Waals surface area contributed by atoms with Crippen LogP contribution in [0.1, 0.15) is 42.1 Å². The highest BCUT2D eigenvalue weighted by Gasteiger charge is 2.17. The van der Waals surface area contributed by atoms with E-state index in [-0.39, 0.29) is 11.5 Å². The Bertz CT molecular complexity index is 849. The number of benzene rings is 1. The summed E-state index contributed by atoms with van der Waals surface area (Å²) < 4.78 is 2.15. The van der Waals surface area contributed by atoms with E-state index in [4.69, 9.17) is 0 Å². The number of rotatable bonds is 4. The van der Waals surface area contributed by atoms with Gasteiger partial charge in [-0.1, -0.05) is 32.0 Å². The van der Waals surface area contributed by atoms with Gasteiger partial charge >= 0.3 is 5.69 Å². The zero-order valence-electron chi connectivity index (χ0n) is 13.8. The van der Waals surface area contributed by atoms with Crippen molar-refractivity contribution >= 4 is 11.6 Å². The van der Waals surface area contributed by atoms with Gasteiger partial charge in [-0.05, 0) is 24.0 Å². The van der Waals surface area contributed by atoms with Crippen molar-refractivity contribution in [3.05, 3.63) is 62.4 Å². The minimum atomic E-state index is -0.605. The van der Waals surface area contributed by atoms with Crippen LogP contribution >= 0.6 is 0 Å². The van der Waals surface area contributed by atoms with Gasteiger partial charge in [0.15, 0.2) is 0 Å². The molecule has 6 nitrogen and oxygen atoms in total. The number of nitrogens with zero attached hydrogens (tertiary/aromatic N) is 2. The number of amides is 1. The molecular weight excluding hydrogens is 294 g/mol. The van der Waals surface area contributed by atoms with Crippen molar-refractivity contribution in [2.45, 2.75) is 26.2 Å². The van der Waals surface area contributed by atoms with Crippen LogP contribution in [0, 0.1) is 0 Å². The van der Waals surface area contributed by atoms with Gasteiger partial charge in [0.2, 0.25) is 0 Å². The SMILES string of the molecule is CCC(C)c1ccccc1NC(=O)c1cn(C)c(=O)n(C)c1=O. The number of anilines is 1. The Labute approximate surface area is 134 Å². The largest absolute Gasteiger partial charge is 0.330 e. The van der Waals surface area contributed by atoms with Crippen molar-refractivity contribution in [1.82, 2.24) is 9.13 Å². The number of carbonyl (C=O) groups excluding carboxylic acids is 1. The van der Waals surface area contributed by atoms with E-state index in [1.807, 2.05) is 24.3 Å².